The molecule has 31 heavy (non-hydrogen) atoms. The third-order valence-electron chi connectivity index (χ3n) is 5.43. The van der Waals surface area contributed by atoms with Gasteiger partial charge in [0.1, 0.15) is 10.6 Å². The van der Waals surface area contributed by atoms with Gasteiger partial charge in [0.2, 0.25) is 0 Å². The average Bonchev–Trinajstić information content (AvgIpc) is 3.25. The average molecular weight is 427 g/mol. The van der Waals surface area contributed by atoms with Crippen LogP contribution in [-0.2, 0) is 6.54 Å². The van der Waals surface area contributed by atoms with Gasteiger partial charge in [0, 0.05) is 17.5 Å². The quantitative estimate of drug-likeness (QED) is 0.294. The van der Waals surface area contributed by atoms with Crippen molar-refractivity contribution in [3.63, 3.8) is 0 Å². The Morgan fingerprint density at radius 1 is 0.903 bits per heavy atom. The number of fused-ring (bicyclic) bond motifs is 2. The molecule has 3 aromatic carbocycles. The van der Waals surface area contributed by atoms with Crippen molar-refractivity contribution >= 4 is 32.3 Å². The SMILES string of the molecule is O=c1c2c(-c3ccc4ccccc4c3)csc2ncn1CCCCOc1ccccc1. The molecule has 4 nitrogen and oxygen atoms in total. The molecule has 0 amide bonds. The zero-order chi connectivity index (χ0) is 21.0. The van der Waals surface area contributed by atoms with Crippen molar-refractivity contribution in [2.45, 2.75) is 19.4 Å². The molecule has 0 aliphatic heterocycles. The van der Waals surface area contributed by atoms with Gasteiger partial charge in [-0.1, -0.05) is 54.6 Å². The second-order valence-corrected chi connectivity index (χ2v) is 8.36. The minimum atomic E-state index is 0.0263. The summed E-state index contributed by atoms with van der Waals surface area (Å²) >= 11 is 1.52. The Morgan fingerprint density at radius 2 is 1.71 bits per heavy atom. The van der Waals surface area contributed by atoms with Gasteiger partial charge in [-0.3, -0.25) is 9.36 Å². The van der Waals surface area contributed by atoms with Crippen molar-refractivity contribution < 1.29 is 4.74 Å². The van der Waals surface area contributed by atoms with E-state index in [0.717, 1.165) is 34.5 Å². The molecule has 0 aliphatic carbocycles. The fourth-order valence-electron chi connectivity index (χ4n) is 3.79. The molecule has 2 heterocycles. The van der Waals surface area contributed by atoms with E-state index < -0.39 is 0 Å². The molecule has 0 unspecified atom stereocenters. The van der Waals surface area contributed by atoms with Gasteiger partial charge in [0.15, 0.2) is 0 Å². The van der Waals surface area contributed by atoms with Crippen LogP contribution in [0.1, 0.15) is 12.8 Å². The highest BCUT2D eigenvalue weighted by Crippen LogP contribution is 2.32. The van der Waals surface area contributed by atoms with Crippen LogP contribution < -0.4 is 10.3 Å². The van der Waals surface area contributed by atoms with Crippen molar-refractivity contribution in [1.82, 2.24) is 9.55 Å². The molecular formula is C26H22N2O2S. The summed E-state index contributed by atoms with van der Waals surface area (Å²) in [5, 5.41) is 5.12. The van der Waals surface area contributed by atoms with Gasteiger partial charge < -0.3 is 4.74 Å². The van der Waals surface area contributed by atoms with Crippen molar-refractivity contribution in [2.75, 3.05) is 6.61 Å². The van der Waals surface area contributed by atoms with Gasteiger partial charge in [-0.15, -0.1) is 11.3 Å². The molecule has 0 saturated heterocycles. The number of hydrogen-bond acceptors (Lipinski definition) is 4. The minimum Gasteiger partial charge on any atom is -0.494 e. The molecule has 0 radical (unpaired) electrons. The topological polar surface area (TPSA) is 44.1 Å². The Hall–Kier alpha value is -3.44. The summed E-state index contributed by atoms with van der Waals surface area (Å²) in [4.78, 5) is 18.6. The van der Waals surface area contributed by atoms with E-state index in [4.69, 9.17) is 4.74 Å². The summed E-state index contributed by atoms with van der Waals surface area (Å²) in [6, 6.07) is 24.4. The van der Waals surface area contributed by atoms with Crippen LogP contribution in [0, 0.1) is 0 Å². The first kappa shape index (κ1) is 19.5. The smallest absolute Gasteiger partial charge is 0.262 e. The zero-order valence-corrected chi connectivity index (χ0v) is 17.8. The maximum atomic E-state index is 13.2. The van der Waals surface area contributed by atoms with Crippen LogP contribution in [0.15, 0.2) is 89.3 Å². The van der Waals surface area contributed by atoms with Crippen LogP contribution >= 0.6 is 11.3 Å². The normalized spacial score (nSPS) is 11.2. The second kappa shape index (κ2) is 8.74. The first-order chi connectivity index (χ1) is 15.3. The largest absolute Gasteiger partial charge is 0.494 e. The van der Waals surface area contributed by atoms with E-state index in [9.17, 15) is 4.79 Å². The maximum absolute atomic E-state index is 13.2. The number of nitrogens with zero attached hydrogens (tertiary/aromatic N) is 2. The van der Waals surface area contributed by atoms with Gasteiger partial charge in [0.25, 0.3) is 5.56 Å². The van der Waals surface area contributed by atoms with Crippen molar-refractivity contribution in [3.05, 3.63) is 94.9 Å². The summed E-state index contributed by atoms with van der Waals surface area (Å²) < 4.78 is 7.47. The molecule has 2 aromatic heterocycles. The molecule has 0 spiro atoms. The van der Waals surface area contributed by atoms with E-state index in [2.05, 4.69) is 35.3 Å². The first-order valence-corrected chi connectivity index (χ1v) is 11.3. The highest BCUT2D eigenvalue weighted by Gasteiger charge is 2.13. The number of aromatic nitrogens is 2. The van der Waals surface area contributed by atoms with Crippen LogP contribution in [0.2, 0.25) is 0 Å². The highest BCUT2D eigenvalue weighted by atomic mass is 32.1. The van der Waals surface area contributed by atoms with E-state index >= 15 is 0 Å². The summed E-state index contributed by atoms with van der Waals surface area (Å²) in [5.41, 5.74) is 2.04. The molecule has 0 saturated carbocycles. The number of unbranched alkanes of at least 4 members (excludes halogenated alkanes) is 1. The number of para-hydroxylation sites is 1. The van der Waals surface area contributed by atoms with Gasteiger partial charge >= 0.3 is 0 Å². The van der Waals surface area contributed by atoms with Crippen LogP contribution in [0.3, 0.4) is 0 Å². The number of ether oxygens (including phenoxy) is 1. The fourth-order valence-corrected chi connectivity index (χ4v) is 4.69. The molecule has 0 aliphatic rings. The molecule has 0 bridgehead atoms. The third-order valence-corrected chi connectivity index (χ3v) is 6.31. The standard InChI is InChI=1S/C26H22N2O2S/c29-26-24-23(21-13-12-19-8-4-5-9-20(19)16-21)17-31-25(24)27-18-28(26)14-6-7-15-30-22-10-2-1-3-11-22/h1-5,8-13,16-18H,6-7,14-15H2. The van der Waals surface area contributed by atoms with Gasteiger partial charge in [-0.2, -0.15) is 0 Å². The lowest BCUT2D eigenvalue weighted by Gasteiger charge is -2.08. The molecule has 5 aromatic rings. The third kappa shape index (κ3) is 4.09. The molecule has 0 fully saturated rings. The number of aryl methyl sites for hydroxylation is 1. The van der Waals surface area contributed by atoms with Crippen molar-refractivity contribution in [1.29, 1.82) is 0 Å². The number of thiophene rings is 1. The maximum Gasteiger partial charge on any atom is 0.262 e. The summed E-state index contributed by atoms with van der Waals surface area (Å²) in [6.45, 7) is 1.27. The number of hydrogen-bond donors (Lipinski definition) is 0. The zero-order valence-electron chi connectivity index (χ0n) is 17.0. The van der Waals surface area contributed by atoms with Crippen LogP contribution in [0.4, 0.5) is 0 Å². The lowest BCUT2D eigenvalue weighted by atomic mass is 10.0. The van der Waals surface area contributed by atoms with E-state index in [1.165, 1.54) is 22.1 Å². The number of benzene rings is 3. The summed E-state index contributed by atoms with van der Waals surface area (Å²) in [7, 11) is 0. The molecule has 154 valence electrons. The second-order valence-electron chi connectivity index (χ2n) is 7.50. The molecule has 5 rings (SSSR count). The number of rotatable bonds is 7. The Bertz CT molecular complexity index is 1390. The van der Waals surface area contributed by atoms with E-state index in [-0.39, 0.29) is 5.56 Å². The predicted octanol–water partition coefficient (Wildman–Crippen LogP) is 6.14. The van der Waals surface area contributed by atoms with E-state index in [1.54, 1.807) is 10.9 Å². The van der Waals surface area contributed by atoms with Crippen LogP contribution in [-0.4, -0.2) is 16.2 Å². The van der Waals surface area contributed by atoms with Crippen molar-refractivity contribution in [2.24, 2.45) is 0 Å². The van der Waals surface area contributed by atoms with Gasteiger partial charge in [0.05, 0.1) is 18.3 Å². The molecule has 0 atom stereocenters. The van der Waals surface area contributed by atoms with E-state index in [0.29, 0.717) is 18.5 Å². The van der Waals surface area contributed by atoms with Crippen LogP contribution in [0.5, 0.6) is 5.75 Å². The summed E-state index contributed by atoms with van der Waals surface area (Å²) in [6.07, 6.45) is 3.40. The Kier molecular flexibility index (Phi) is 5.50. The fraction of sp³-hybridized carbons (Fsp3) is 0.154. The Balaban J connectivity index is 1.34. The van der Waals surface area contributed by atoms with Crippen LogP contribution in [0.25, 0.3) is 32.1 Å². The van der Waals surface area contributed by atoms with Crippen molar-refractivity contribution in [3.8, 4) is 16.9 Å². The minimum absolute atomic E-state index is 0.0263. The Morgan fingerprint density at radius 3 is 2.58 bits per heavy atom. The predicted molar refractivity (Wildman–Crippen MR) is 128 cm³/mol. The van der Waals surface area contributed by atoms with Gasteiger partial charge in [-0.05, 0) is 47.4 Å². The monoisotopic (exact) mass is 426 g/mol. The molecular weight excluding hydrogens is 404 g/mol. The highest BCUT2D eigenvalue weighted by molar-refractivity contribution is 7.17. The van der Waals surface area contributed by atoms with E-state index in [1.807, 2.05) is 47.8 Å². The lowest BCUT2D eigenvalue weighted by molar-refractivity contribution is 0.303. The molecule has 0 N–H and O–H groups in total. The lowest BCUT2D eigenvalue weighted by Crippen LogP contribution is -2.20. The first-order valence-electron chi connectivity index (χ1n) is 10.4. The van der Waals surface area contributed by atoms with Gasteiger partial charge in [-0.25, -0.2) is 4.98 Å². The summed E-state index contributed by atoms with van der Waals surface area (Å²) in [5.74, 6) is 0.876. The Labute approximate surface area is 184 Å². The molecule has 5 heteroatoms.